The first-order valence-electron chi connectivity index (χ1n) is 10.7. The maximum Gasteiger partial charge on any atom is 0.196 e. The number of rotatable bonds is 7. The van der Waals surface area contributed by atoms with Crippen LogP contribution in [0.15, 0.2) is 34.7 Å². The van der Waals surface area contributed by atoms with Gasteiger partial charge in [0.15, 0.2) is 10.8 Å². The third kappa shape index (κ3) is 4.49. The molecule has 0 radical (unpaired) electrons. The smallest absolute Gasteiger partial charge is 0.196 e. The van der Waals surface area contributed by atoms with E-state index in [1.165, 1.54) is 11.8 Å². The molecule has 0 spiro atoms. The average Bonchev–Trinajstić information content (AvgIpc) is 3.15. The van der Waals surface area contributed by atoms with Crippen molar-refractivity contribution in [2.75, 3.05) is 44.6 Å². The molecule has 5 rings (SSSR count). The lowest BCUT2D eigenvalue weighted by Gasteiger charge is -2.27. The highest BCUT2D eigenvalue weighted by atomic mass is 35.5. The summed E-state index contributed by atoms with van der Waals surface area (Å²) in [4.78, 5) is 29.2. The van der Waals surface area contributed by atoms with E-state index in [4.69, 9.17) is 21.6 Å². The number of pyridine rings is 1. The number of aromatic nitrogens is 6. The Hall–Kier alpha value is -2.53. The molecular formula is C21H24ClN9S. The number of piperazine rings is 1. The van der Waals surface area contributed by atoms with E-state index in [1.54, 1.807) is 18.6 Å². The van der Waals surface area contributed by atoms with Crippen molar-refractivity contribution in [3.63, 3.8) is 0 Å². The monoisotopic (exact) mass is 469 g/mol. The molecule has 0 aliphatic carbocycles. The Balaban J connectivity index is 1.42. The van der Waals surface area contributed by atoms with Gasteiger partial charge in [-0.1, -0.05) is 18.5 Å². The van der Waals surface area contributed by atoms with Crippen LogP contribution in [0, 0.1) is 0 Å². The van der Waals surface area contributed by atoms with E-state index in [-0.39, 0.29) is 0 Å². The molecule has 1 aliphatic rings. The summed E-state index contributed by atoms with van der Waals surface area (Å²) in [7, 11) is 0. The fraction of sp³-hybridized carbons (Fsp3) is 0.381. The Bertz CT molecular complexity index is 1240. The Kier molecular flexibility index (Phi) is 6.35. The predicted octanol–water partition coefficient (Wildman–Crippen LogP) is 2.98. The van der Waals surface area contributed by atoms with Crippen molar-refractivity contribution < 1.29 is 0 Å². The second-order valence-electron chi connectivity index (χ2n) is 7.54. The van der Waals surface area contributed by atoms with E-state index in [1.807, 2.05) is 6.07 Å². The van der Waals surface area contributed by atoms with E-state index >= 15 is 0 Å². The summed E-state index contributed by atoms with van der Waals surface area (Å²) in [6.45, 7) is 7.99. The van der Waals surface area contributed by atoms with Gasteiger partial charge in [0.25, 0.3) is 0 Å². The summed E-state index contributed by atoms with van der Waals surface area (Å²) in [6, 6.07) is 1.95. The van der Waals surface area contributed by atoms with Gasteiger partial charge < -0.3 is 15.6 Å². The normalized spacial score (nSPS) is 14.9. The molecule has 1 aliphatic heterocycles. The van der Waals surface area contributed by atoms with Crippen LogP contribution >= 0.6 is 23.4 Å². The molecule has 166 valence electrons. The lowest BCUT2D eigenvalue weighted by atomic mass is 10.3. The van der Waals surface area contributed by atoms with Gasteiger partial charge in [0.05, 0.1) is 10.4 Å². The lowest BCUT2D eigenvalue weighted by Crippen LogP contribution is -2.45. The third-order valence-corrected chi connectivity index (χ3v) is 6.68. The number of hydrogen-bond donors (Lipinski definition) is 3. The van der Waals surface area contributed by atoms with Gasteiger partial charge in [0, 0.05) is 68.4 Å². The molecule has 3 N–H and O–H groups in total. The summed E-state index contributed by atoms with van der Waals surface area (Å²) in [5.41, 5.74) is 3.06. The number of nitrogens with zero attached hydrogens (tertiary/aromatic N) is 6. The molecule has 0 bridgehead atoms. The second kappa shape index (κ2) is 9.53. The van der Waals surface area contributed by atoms with Crippen LogP contribution in [0.3, 0.4) is 0 Å². The van der Waals surface area contributed by atoms with Gasteiger partial charge in [-0.25, -0.2) is 19.9 Å². The van der Waals surface area contributed by atoms with Crippen molar-refractivity contribution in [1.29, 1.82) is 0 Å². The zero-order valence-corrected chi connectivity index (χ0v) is 19.3. The molecule has 4 aromatic heterocycles. The minimum atomic E-state index is 0.618. The summed E-state index contributed by atoms with van der Waals surface area (Å²) >= 11 is 8.11. The van der Waals surface area contributed by atoms with Crippen molar-refractivity contribution in [2.45, 2.75) is 23.4 Å². The zero-order chi connectivity index (χ0) is 21.9. The molecule has 0 saturated carbocycles. The van der Waals surface area contributed by atoms with Crippen LogP contribution in [-0.2, 0) is 6.42 Å². The minimum Gasteiger partial charge on any atom is -0.368 e. The van der Waals surface area contributed by atoms with Crippen LogP contribution < -0.4 is 10.6 Å². The van der Waals surface area contributed by atoms with Crippen LogP contribution in [-0.4, -0.2) is 74.1 Å². The molecule has 0 atom stereocenters. The van der Waals surface area contributed by atoms with Crippen molar-refractivity contribution in [3.8, 4) is 0 Å². The first-order chi connectivity index (χ1) is 15.7. The van der Waals surface area contributed by atoms with Crippen molar-refractivity contribution in [3.05, 3.63) is 35.4 Å². The molecule has 1 fully saturated rings. The molecule has 0 aromatic carbocycles. The zero-order valence-electron chi connectivity index (χ0n) is 17.7. The van der Waals surface area contributed by atoms with Gasteiger partial charge in [-0.3, -0.25) is 9.88 Å². The first-order valence-corrected chi connectivity index (χ1v) is 11.9. The Morgan fingerprint density at radius 1 is 1.16 bits per heavy atom. The standard InChI is InChI=1S/C21H24ClN9S/c1-2-14-17(22)16-19(26-7-10-31-8-5-23-6-9-31)29-21(30-20(16)28-14)32-13-11-15-18(27-12-13)25-4-3-24-15/h3-4,11-12,23H,2,5-10H2,1H3,(H2,26,28,29,30). The quantitative estimate of drug-likeness (QED) is 0.352. The van der Waals surface area contributed by atoms with Gasteiger partial charge in [0.1, 0.15) is 17.0 Å². The van der Waals surface area contributed by atoms with E-state index in [0.717, 1.165) is 78.6 Å². The fourth-order valence-electron chi connectivity index (χ4n) is 3.77. The summed E-state index contributed by atoms with van der Waals surface area (Å²) in [5.74, 6) is 0.752. The number of aromatic amines is 1. The van der Waals surface area contributed by atoms with Crippen LogP contribution in [0.2, 0.25) is 5.02 Å². The van der Waals surface area contributed by atoms with Crippen LogP contribution in [0.25, 0.3) is 22.2 Å². The number of anilines is 1. The summed E-state index contributed by atoms with van der Waals surface area (Å²) in [5, 5.41) is 9.03. The highest BCUT2D eigenvalue weighted by Crippen LogP contribution is 2.35. The number of H-pyrrole nitrogens is 1. The molecule has 0 unspecified atom stereocenters. The average molecular weight is 470 g/mol. The van der Waals surface area contributed by atoms with E-state index in [0.29, 0.717) is 15.8 Å². The van der Waals surface area contributed by atoms with E-state index < -0.39 is 0 Å². The molecule has 11 heteroatoms. The predicted molar refractivity (Wildman–Crippen MR) is 128 cm³/mol. The topological polar surface area (TPSA) is 108 Å². The van der Waals surface area contributed by atoms with Crippen molar-refractivity contribution in [2.24, 2.45) is 0 Å². The third-order valence-electron chi connectivity index (χ3n) is 5.43. The molecular weight excluding hydrogens is 446 g/mol. The molecule has 9 nitrogen and oxygen atoms in total. The lowest BCUT2D eigenvalue weighted by molar-refractivity contribution is 0.249. The Morgan fingerprint density at radius 2 is 2.00 bits per heavy atom. The van der Waals surface area contributed by atoms with E-state index in [9.17, 15) is 0 Å². The van der Waals surface area contributed by atoms with E-state index in [2.05, 4.69) is 42.4 Å². The fourth-order valence-corrected chi connectivity index (χ4v) is 4.89. The molecule has 1 saturated heterocycles. The number of fused-ring (bicyclic) bond motifs is 2. The number of halogens is 1. The van der Waals surface area contributed by atoms with Crippen LogP contribution in [0.1, 0.15) is 12.6 Å². The number of hydrogen-bond acceptors (Lipinski definition) is 9. The maximum atomic E-state index is 6.67. The van der Waals surface area contributed by atoms with Crippen molar-refractivity contribution in [1.82, 2.24) is 40.1 Å². The molecule has 32 heavy (non-hydrogen) atoms. The summed E-state index contributed by atoms with van der Waals surface area (Å²) in [6.07, 6.45) is 5.86. The SMILES string of the molecule is CCc1[nH]c2nc(Sc3cnc4nccnc4c3)nc(NCCN3CCNCC3)c2c1Cl. The van der Waals surface area contributed by atoms with Gasteiger partial charge >= 0.3 is 0 Å². The molecule has 5 heterocycles. The van der Waals surface area contributed by atoms with Crippen LogP contribution in [0.5, 0.6) is 0 Å². The van der Waals surface area contributed by atoms with Gasteiger partial charge in [0.2, 0.25) is 0 Å². The molecule has 0 amide bonds. The number of nitrogens with one attached hydrogen (secondary N) is 3. The number of aryl methyl sites for hydroxylation is 1. The maximum absolute atomic E-state index is 6.67. The minimum absolute atomic E-state index is 0.618. The van der Waals surface area contributed by atoms with Crippen molar-refractivity contribution >= 4 is 51.4 Å². The highest BCUT2D eigenvalue weighted by Gasteiger charge is 2.18. The summed E-state index contributed by atoms with van der Waals surface area (Å²) < 4.78 is 0. The molecule has 4 aromatic rings. The Morgan fingerprint density at radius 3 is 2.84 bits per heavy atom. The second-order valence-corrected chi connectivity index (χ2v) is 8.96. The van der Waals surface area contributed by atoms with Crippen LogP contribution in [0.4, 0.5) is 5.82 Å². The van der Waals surface area contributed by atoms with Gasteiger partial charge in [-0.05, 0) is 24.2 Å². The highest BCUT2D eigenvalue weighted by molar-refractivity contribution is 7.99. The van der Waals surface area contributed by atoms with Gasteiger partial charge in [-0.15, -0.1) is 0 Å². The Labute approximate surface area is 194 Å². The van der Waals surface area contributed by atoms with Gasteiger partial charge in [-0.2, -0.15) is 0 Å². The largest absolute Gasteiger partial charge is 0.368 e. The first kappa shape index (κ1) is 21.3.